The highest BCUT2D eigenvalue weighted by molar-refractivity contribution is 6.40. The monoisotopic (exact) mass is 452 g/mol. The number of Topliss-reactive ketones (excluding diaryl/α,β-unsaturated/α-hetero) is 1. The van der Waals surface area contributed by atoms with Crippen molar-refractivity contribution in [3.05, 3.63) is 99.1 Å². The number of rotatable bonds is 5. The minimum absolute atomic E-state index is 0.0412. The standard InChI is InChI=1S/C17H15Cl2NO.C9H11N/c1-10-9-13(12(3)21)7-8-16(10)20-11(2)17-14(18)5-4-6-15(17)19;1-3-5-7-9(8-10)6-4-2/h4-9H,1-3H3;3-7H,1-2H3/b;5-3+,6-4-,9-7+. The molecule has 0 saturated carbocycles. The van der Waals surface area contributed by atoms with Gasteiger partial charge in [-0.1, -0.05) is 47.5 Å². The first-order chi connectivity index (χ1) is 14.7. The van der Waals surface area contributed by atoms with Gasteiger partial charge in [0.1, 0.15) is 0 Å². The fourth-order valence-electron chi connectivity index (χ4n) is 2.59. The van der Waals surface area contributed by atoms with Crippen molar-refractivity contribution < 1.29 is 4.79 Å². The molecule has 0 unspecified atom stereocenters. The summed E-state index contributed by atoms with van der Waals surface area (Å²) in [5, 5.41) is 9.62. The number of nitrogens with zero attached hydrogens (tertiary/aromatic N) is 2. The third kappa shape index (κ3) is 8.38. The molecule has 31 heavy (non-hydrogen) atoms. The van der Waals surface area contributed by atoms with Crippen LogP contribution in [-0.2, 0) is 0 Å². The molecule has 0 N–H and O–H groups in total. The lowest BCUT2D eigenvalue weighted by molar-refractivity contribution is 0.101. The first-order valence-electron chi connectivity index (χ1n) is 9.72. The molecular formula is C26H26Cl2N2O. The number of allylic oxidation sites excluding steroid dienone is 6. The third-order valence-corrected chi connectivity index (χ3v) is 4.79. The van der Waals surface area contributed by atoms with Crippen molar-refractivity contribution in [2.45, 2.75) is 34.6 Å². The average molecular weight is 453 g/mol. The van der Waals surface area contributed by atoms with E-state index in [1.807, 2.05) is 58.1 Å². The Bertz CT molecular complexity index is 1070. The number of carbonyl (C=O) groups excluding carboxylic acids is 1. The number of nitriles is 1. The summed E-state index contributed by atoms with van der Waals surface area (Å²) in [7, 11) is 0. The molecule has 160 valence electrons. The highest BCUT2D eigenvalue weighted by atomic mass is 35.5. The Balaban J connectivity index is 0.000000407. The molecule has 0 amide bonds. The van der Waals surface area contributed by atoms with Crippen LogP contribution in [0.4, 0.5) is 5.69 Å². The molecule has 2 aromatic rings. The van der Waals surface area contributed by atoms with Gasteiger partial charge in [-0.2, -0.15) is 5.26 Å². The summed E-state index contributed by atoms with van der Waals surface area (Å²) < 4.78 is 0. The SMILES string of the molecule is CC(=O)c1ccc(N=C(C)c2c(Cl)cccc2Cl)c(C)c1.C\C=C/C(C#N)=C\C=C\C. The fourth-order valence-corrected chi connectivity index (χ4v) is 3.26. The zero-order chi connectivity index (χ0) is 23.4. The van der Waals surface area contributed by atoms with Crippen molar-refractivity contribution in [1.29, 1.82) is 5.26 Å². The van der Waals surface area contributed by atoms with E-state index in [-0.39, 0.29) is 5.78 Å². The minimum atomic E-state index is 0.0412. The summed E-state index contributed by atoms with van der Waals surface area (Å²) in [6.07, 6.45) is 9.14. The van der Waals surface area contributed by atoms with E-state index >= 15 is 0 Å². The van der Waals surface area contributed by atoms with Gasteiger partial charge in [-0.3, -0.25) is 9.79 Å². The third-order valence-electron chi connectivity index (χ3n) is 4.16. The molecule has 0 aliphatic heterocycles. The Hall–Kier alpha value is -2.93. The van der Waals surface area contributed by atoms with Crippen LogP contribution in [0.15, 0.2) is 77.3 Å². The lowest BCUT2D eigenvalue weighted by atomic mass is 10.1. The minimum Gasteiger partial charge on any atom is -0.295 e. The smallest absolute Gasteiger partial charge is 0.159 e. The van der Waals surface area contributed by atoms with Gasteiger partial charge < -0.3 is 0 Å². The molecular weight excluding hydrogens is 427 g/mol. The van der Waals surface area contributed by atoms with Gasteiger partial charge in [0.25, 0.3) is 0 Å². The number of halogens is 2. The van der Waals surface area contributed by atoms with Crippen LogP contribution in [0.5, 0.6) is 0 Å². The molecule has 0 aliphatic carbocycles. The lowest BCUT2D eigenvalue weighted by Gasteiger charge is -2.08. The Labute approximate surface area is 195 Å². The van der Waals surface area contributed by atoms with Crippen LogP contribution < -0.4 is 0 Å². The van der Waals surface area contributed by atoms with Crippen molar-refractivity contribution in [2.24, 2.45) is 4.99 Å². The van der Waals surface area contributed by atoms with Gasteiger partial charge in [0.2, 0.25) is 0 Å². The molecule has 5 heteroatoms. The maximum Gasteiger partial charge on any atom is 0.159 e. The largest absolute Gasteiger partial charge is 0.295 e. The van der Waals surface area contributed by atoms with Crippen molar-refractivity contribution in [3.8, 4) is 6.07 Å². The summed E-state index contributed by atoms with van der Waals surface area (Å²) >= 11 is 12.4. The molecule has 0 aliphatic rings. The maximum atomic E-state index is 11.4. The molecule has 2 aromatic carbocycles. The number of benzene rings is 2. The molecule has 0 fully saturated rings. The number of carbonyl (C=O) groups is 1. The zero-order valence-corrected chi connectivity index (χ0v) is 19.9. The van der Waals surface area contributed by atoms with Gasteiger partial charge in [0.05, 0.1) is 27.4 Å². The molecule has 0 spiro atoms. The maximum absolute atomic E-state index is 11.4. The highest BCUT2D eigenvalue weighted by Crippen LogP contribution is 2.28. The second-order valence-electron chi connectivity index (χ2n) is 6.61. The highest BCUT2D eigenvalue weighted by Gasteiger charge is 2.10. The lowest BCUT2D eigenvalue weighted by Crippen LogP contribution is -1.98. The summed E-state index contributed by atoms with van der Waals surface area (Å²) in [6.45, 7) is 9.15. The van der Waals surface area contributed by atoms with Crippen LogP contribution in [0.25, 0.3) is 0 Å². The van der Waals surface area contributed by atoms with E-state index < -0.39 is 0 Å². The van der Waals surface area contributed by atoms with E-state index in [0.717, 1.165) is 22.5 Å². The predicted molar refractivity (Wildman–Crippen MR) is 133 cm³/mol. The van der Waals surface area contributed by atoms with Gasteiger partial charge in [-0.15, -0.1) is 0 Å². The van der Waals surface area contributed by atoms with Crippen LogP contribution in [0.3, 0.4) is 0 Å². The second kappa shape index (κ2) is 13.4. The van der Waals surface area contributed by atoms with Crippen LogP contribution >= 0.6 is 23.2 Å². The van der Waals surface area contributed by atoms with Gasteiger partial charge in [0, 0.05) is 16.8 Å². The summed E-state index contributed by atoms with van der Waals surface area (Å²) in [5.41, 5.74) is 4.57. The van der Waals surface area contributed by atoms with Crippen LogP contribution in [0.1, 0.15) is 49.2 Å². The summed E-state index contributed by atoms with van der Waals surface area (Å²) in [6, 6.07) is 12.9. The predicted octanol–water partition coefficient (Wildman–Crippen LogP) is 8.23. The first kappa shape index (κ1) is 26.1. The van der Waals surface area contributed by atoms with Gasteiger partial charge >= 0.3 is 0 Å². The molecule has 2 rings (SSSR count). The Kier molecular flexibility index (Phi) is 11.3. The van der Waals surface area contributed by atoms with Crippen LogP contribution in [0.2, 0.25) is 10.0 Å². The van der Waals surface area contributed by atoms with Gasteiger partial charge in [-0.25, -0.2) is 0 Å². The van der Waals surface area contributed by atoms with Crippen molar-refractivity contribution in [1.82, 2.24) is 0 Å². The number of aryl methyl sites for hydroxylation is 1. The topological polar surface area (TPSA) is 53.2 Å². The summed E-state index contributed by atoms with van der Waals surface area (Å²) in [5.74, 6) is 0.0412. The molecule has 0 heterocycles. The van der Waals surface area contributed by atoms with E-state index in [1.165, 1.54) is 0 Å². The number of hydrogen-bond acceptors (Lipinski definition) is 3. The molecule has 0 atom stereocenters. The van der Waals surface area contributed by atoms with E-state index in [1.54, 1.807) is 43.3 Å². The average Bonchev–Trinajstić information content (AvgIpc) is 2.72. The van der Waals surface area contributed by atoms with Crippen molar-refractivity contribution in [2.75, 3.05) is 0 Å². The molecule has 0 aromatic heterocycles. The van der Waals surface area contributed by atoms with Crippen molar-refractivity contribution >= 4 is 40.4 Å². The van der Waals surface area contributed by atoms with E-state index in [4.69, 9.17) is 28.5 Å². The Morgan fingerprint density at radius 1 is 1.06 bits per heavy atom. The van der Waals surface area contributed by atoms with Gasteiger partial charge in [0.15, 0.2) is 5.78 Å². The molecule has 0 bridgehead atoms. The molecule has 0 saturated heterocycles. The van der Waals surface area contributed by atoms with Crippen LogP contribution in [0, 0.1) is 18.3 Å². The van der Waals surface area contributed by atoms with E-state index in [9.17, 15) is 4.79 Å². The Morgan fingerprint density at radius 3 is 2.19 bits per heavy atom. The molecule has 0 radical (unpaired) electrons. The zero-order valence-electron chi connectivity index (χ0n) is 18.4. The van der Waals surface area contributed by atoms with Crippen molar-refractivity contribution in [3.63, 3.8) is 0 Å². The molecule has 3 nitrogen and oxygen atoms in total. The van der Waals surface area contributed by atoms with Gasteiger partial charge in [-0.05, 0) is 82.7 Å². The number of hydrogen-bond donors (Lipinski definition) is 0. The fraction of sp³-hybridized carbons (Fsp3) is 0.192. The number of aliphatic imine (C=N–C) groups is 1. The summed E-state index contributed by atoms with van der Waals surface area (Å²) in [4.78, 5) is 16.0. The number of ketones is 1. The quantitative estimate of drug-likeness (QED) is 0.198. The Morgan fingerprint density at radius 2 is 1.71 bits per heavy atom. The van der Waals surface area contributed by atoms with E-state index in [0.29, 0.717) is 21.2 Å². The first-order valence-corrected chi connectivity index (χ1v) is 10.5. The van der Waals surface area contributed by atoms with Crippen LogP contribution in [-0.4, -0.2) is 11.5 Å². The second-order valence-corrected chi connectivity index (χ2v) is 7.43. The van der Waals surface area contributed by atoms with E-state index in [2.05, 4.69) is 11.1 Å². The normalized spacial score (nSPS) is 11.9.